The van der Waals surface area contributed by atoms with Crippen LogP contribution in [-0.4, -0.2) is 16.8 Å². The summed E-state index contributed by atoms with van der Waals surface area (Å²) < 4.78 is 0. The van der Waals surface area contributed by atoms with Crippen molar-refractivity contribution in [2.45, 2.75) is 0 Å². The van der Waals surface area contributed by atoms with Crippen LogP contribution in [0.5, 0.6) is 0 Å². The molecule has 9 heteroatoms. The molecule has 8 aromatic rings. The van der Waals surface area contributed by atoms with Crippen molar-refractivity contribution in [3.8, 4) is 22.3 Å². The molecule has 0 amide bonds. The Labute approximate surface area is 346 Å². The molecule has 57 heavy (non-hydrogen) atoms. The fourth-order valence-electron chi connectivity index (χ4n) is 8.75. The first-order valence-corrected chi connectivity index (χ1v) is 18.8. The van der Waals surface area contributed by atoms with Gasteiger partial charge in [-0.2, -0.15) is 35.2 Å². The fourth-order valence-corrected chi connectivity index (χ4v) is 8.75. The van der Waals surface area contributed by atoms with E-state index in [1.54, 1.807) is 12.4 Å². The van der Waals surface area contributed by atoms with Crippen LogP contribution in [0.4, 0.5) is 57.1 Å². The van der Waals surface area contributed by atoms with Crippen LogP contribution in [0.1, 0.15) is 0 Å². The monoisotopic (exact) mass is 910 g/mol. The maximum atomic E-state index is 4.83. The molecule has 7 aromatic carbocycles. The van der Waals surface area contributed by atoms with Gasteiger partial charge in [0, 0.05) is 46.5 Å². The first kappa shape index (κ1) is 33.7. The van der Waals surface area contributed by atoms with Crippen molar-refractivity contribution >= 4 is 74.9 Å². The molecule has 0 saturated heterocycles. The second-order valence-electron chi connectivity index (χ2n) is 14.2. The van der Waals surface area contributed by atoms with Crippen molar-refractivity contribution in [3.05, 3.63) is 196 Å². The molecule has 12 rings (SSSR count). The fraction of sp³-hybridized carbons (Fsp3) is 0. The Hall–Kier alpha value is -6.63. The Kier molecular flexibility index (Phi) is 7.83. The van der Waals surface area contributed by atoms with Gasteiger partial charge in [0.05, 0.1) is 0 Å². The van der Waals surface area contributed by atoms with E-state index in [0.29, 0.717) is 0 Å². The number of para-hydroxylation sites is 6. The Balaban J connectivity index is 0.00000374. The van der Waals surface area contributed by atoms with Gasteiger partial charge in [-0.05, 0) is 48.5 Å². The van der Waals surface area contributed by atoms with Gasteiger partial charge in [0.15, 0.2) is 0 Å². The van der Waals surface area contributed by atoms with Crippen LogP contribution in [-0.2, 0) is 21.1 Å². The van der Waals surface area contributed by atoms with Gasteiger partial charge in [0.25, 0.3) is 6.85 Å². The summed E-state index contributed by atoms with van der Waals surface area (Å²) in [6, 6.07) is 63.7. The molecule has 270 valence electrons. The SMILES string of the molecule is [Pt+4].[c-]1c(N2[CH-]N(c3ccccc3)c3ccccc32)ccc2c1B1c3[c-]c(N4[CH-]N(c5ccccc5)c5nccnc54)ccc3-c3ccccc3N1c1ccccc1-2. The molecule has 0 atom stereocenters. The summed E-state index contributed by atoms with van der Waals surface area (Å²) in [4.78, 5) is 20.8. The molecular weight excluding hydrogens is 880 g/mol. The van der Waals surface area contributed by atoms with Crippen LogP contribution in [0.3, 0.4) is 0 Å². The average Bonchev–Trinajstić information content (AvgIpc) is 3.86. The van der Waals surface area contributed by atoms with E-state index in [1.807, 2.05) is 18.2 Å². The molecule has 0 bridgehead atoms. The molecule has 0 fully saturated rings. The van der Waals surface area contributed by atoms with E-state index < -0.39 is 0 Å². The maximum Gasteiger partial charge on any atom is 4.00 e. The molecule has 7 nitrogen and oxygen atoms in total. The predicted molar refractivity (Wildman–Crippen MR) is 227 cm³/mol. The molecule has 0 N–H and O–H groups in total. The third-order valence-electron chi connectivity index (χ3n) is 11.2. The first-order chi connectivity index (χ1) is 27.8. The van der Waals surface area contributed by atoms with Crippen LogP contribution >= 0.6 is 0 Å². The molecule has 4 aliphatic rings. The number of benzene rings is 7. The summed E-state index contributed by atoms with van der Waals surface area (Å²) in [5, 5.41) is 0. The van der Waals surface area contributed by atoms with Crippen LogP contribution in [0.2, 0.25) is 0 Å². The topological polar surface area (TPSA) is 42.0 Å². The summed E-state index contributed by atoms with van der Waals surface area (Å²) in [5.41, 5.74) is 15.4. The third-order valence-corrected chi connectivity index (χ3v) is 11.2. The third kappa shape index (κ3) is 5.10. The summed E-state index contributed by atoms with van der Waals surface area (Å²) in [6.45, 7) is 4.04. The number of aromatic nitrogens is 2. The van der Waals surface area contributed by atoms with Gasteiger partial charge >= 0.3 is 21.1 Å². The largest absolute Gasteiger partial charge is 4.00 e. The zero-order valence-corrected chi connectivity index (χ0v) is 32.6. The standard InChI is InChI=1S/C48H30BN7.Pt/c1-3-13-33(14-4-1)52-31-53(46-22-12-11-21-45(46)52)35-23-25-37-39-17-7-9-19-43(39)56-44-20-10-8-18-40(44)38-26-24-36(30-42(38)49(56)41(37)29-35)55-32-54(34-15-5-2-6-16-34)47-48(55)51-28-27-50-47;/h1-28,31-32H;/q-4;+4. The van der Waals surface area contributed by atoms with Gasteiger partial charge in [-0.25, -0.2) is 9.97 Å². The number of hydrogen-bond donors (Lipinski definition) is 0. The number of nitrogens with zero attached hydrogens (tertiary/aromatic N) is 7. The number of hydrogen-bond acceptors (Lipinski definition) is 7. The van der Waals surface area contributed by atoms with Gasteiger partial charge in [-0.3, -0.25) is 0 Å². The smallest absolute Gasteiger partial charge is 0.493 e. The summed E-state index contributed by atoms with van der Waals surface area (Å²) >= 11 is 0. The van der Waals surface area contributed by atoms with Gasteiger partial charge in [0.2, 0.25) is 0 Å². The minimum absolute atomic E-state index is 0. The van der Waals surface area contributed by atoms with Crippen LogP contribution in [0, 0.1) is 25.5 Å². The zero-order chi connectivity index (χ0) is 36.7. The van der Waals surface area contributed by atoms with Crippen molar-refractivity contribution < 1.29 is 21.1 Å². The van der Waals surface area contributed by atoms with E-state index in [4.69, 9.17) is 9.97 Å². The molecular formula is C48H30BN7Pt. The second-order valence-corrected chi connectivity index (χ2v) is 14.2. The van der Waals surface area contributed by atoms with Crippen molar-refractivity contribution in [2.24, 2.45) is 0 Å². The van der Waals surface area contributed by atoms with Gasteiger partial charge in [0.1, 0.15) is 11.6 Å². The van der Waals surface area contributed by atoms with E-state index >= 15 is 0 Å². The van der Waals surface area contributed by atoms with E-state index in [-0.39, 0.29) is 27.9 Å². The van der Waals surface area contributed by atoms with E-state index in [1.165, 1.54) is 16.7 Å². The quantitative estimate of drug-likeness (QED) is 0.129. The molecule has 0 saturated carbocycles. The number of fused-ring (bicyclic) bond motifs is 13. The minimum atomic E-state index is -0.207. The summed E-state index contributed by atoms with van der Waals surface area (Å²) in [5.74, 6) is 1.54. The summed E-state index contributed by atoms with van der Waals surface area (Å²) in [6.07, 6.45) is 3.50. The minimum Gasteiger partial charge on any atom is -0.493 e. The second kappa shape index (κ2) is 13.3. The van der Waals surface area contributed by atoms with Crippen LogP contribution in [0.15, 0.2) is 170 Å². The Morgan fingerprint density at radius 1 is 0.404 bits per heavy atom. The van der Waals surface area contributed by atoms with Gasteiger partial charge in [-0.1, -0.05) is 96.1 Å². The Bertz CT molecular complexity index is 2640. The summed E-state index contributed by atoms with van der Waals surface area (Å²) in [7, 11) is 0. The van der Waals surface area contributed by atoms with E-state index in [2.05, 4.69) is 189 Å². The molecule has 0 unspecified atom stereocenters. The van der Waals surface area contributed by atoms with Gasteiger partial charge in [-0.15, -0.1) is 48.0 Å². The number of anilines is 10. The zero-order valence-electron chi connectivity index (χ0n) is 30.3. The molecule has 1 aromatic heterocycles. The van der Waals surface area contributed by atoms with Crippen LogP contribution in [0.25, 0.3) is 22.3 Å². The molecule has 0 aliphatic carbocycles. The first-order valence-electron chi connectivity index (χ1n) is 18.8. The van der Waals surface area contributed by atoms with Crippen molar-refractivity contribution in [1.82, 2.24) is 9.97 Å². The molecule has 4 aliphatic heterocycles. The van der Waals surface area contributed by atoms with E-state index in [0.717, 1.165) is 73.6 Å². The van der Waals surface area contributed by atoms with Crippen molar-refractivity contribution in [1.29, 1.82) is 0 Å². The maximum absolute atomic E-state index is 4.83. The Morgan fingerprint density at radius 2 is 0.842 bits per heavy atom. The normalized spacial score (nSPS) is 14.2. The van der Waals surface area contributed by atoms with E-state index in [9.17, 15) is 0 Å². The average molecular weight is 911 g/mol. The van der Waals surface area contributed by atoms with Crippen molar-refractivity contribution in [3.63, 3.8) is 0 Å². The van der Waals surface area contributed by atoms with Crippen LogP contribution < -0.4 is 35.3 Å². The van der Waals surface area contributed by atoms with Gasteiger partial charge < -0.3 is 24.4 Å². The van der Waals surface area contributed by atoms with Crippen molar-refractivity contribution in [2.75, 3.05) is 24.4 Å². The number of rotatable bonds is 4. The predicted octanol–water partition coefficient (Wildman–Crippen LogP) is 9.80. The Morgan fingerprint density at radius 3 is 1.42 bits per heavy atom. The molecule has 0 radical (unpaired) electrons. The molecule has 0 spiro atoms. The molecule has 5 heterocycles.